The van der Waals surface area contributed by atoms with E-state index in [0.29, 0.717) is 0 Å². The molecule has 0 saturated carbocycles. The Morgan fingerprint density at radius 1 is 1.18 bits per heavy atom. The molecule has 0 aromatic carbocycles. The number of aromatic nitrogens is 3. The Kier molecular flexibility index (Phi) is 3.11. The van der Waals surface area contributed by atoms with Crippen LogP contribution in [0.15, 0.2) is 28.8 Å². The number of morpholine rings is 1. The Bertz CT molecular complexity index is 815. The fourth-order valence-corrected chi connectivity index (χ4v) is 2.85. The van der Waals surface area contributed by atoms with Gasteiger partial charge in [0.05, 0.1) is 18.9 Å². The summed E-state index contributed by atoms with van der Waals surface area (Å²) in [6.45, 7) is 5.25. The molecule has 1 saturated heterocycles. The Balaban J connectivity index is 1.84. The summed E-state index contributed by atoms with van der Waals surface area (Å²) in [4.78, 5) is 6.90. The molecular weight excluding hydrogens is 280 g/mol. The van der Waals surface area contributed by atoms with Crippen molar-refractivity contribution in [3.8, 4) is 11.5 Å². The largest absolute Gasteiger partial charge is 0.450 e. The van der Waals surface area contributed by atoms with Crippen molar-refractivity contribution in [2.24, 2.45) is 7.05 Å². The second-order valence-electron chi connectivity index (χ2n) is 5.58. The van der Waals surface area contributed by atoms with Crippen LogP contribution in [0.1, 0.15) is 5.69 Å². The van der Waals surface area contributed by atoms with E-state index in [0.717, 1.165) is 60.2 Å². The van der Waals surface area contributed by atoms with E-state index in [2.05, 4.69) is 21.0 Å². The van der Waals surface area contributed by atoms with Crippen molar-refractivity contribution in [1.29, 1.82) is 0 Å². The van der Waals surface area contributed by atoms with Crippen LogP contribution in [0, 0.1) is 6.92 Å². The van der Waals surface area contributed by atoms with E-state index >= 15 is 0 Å². The highest BCUT2D eigenvalue weighted by Crippen LogP contribution is 2.33. The number of pyridine rings is 1. The molecule has 4 rings (SSSR count). The molecule has 0 spiro atoms. The molecule has 1 aliphatic rings. The number of ether oxygens (including phenoxy) is 1. The molecule has 0 aliphatic carbocycles. The number of aryl methyl sites for hydroxylation is 2. The molecular formula is C16H18N4O2. The number of furan rings is 1. The number of hydrogen-bond donors (Lipinski definition) is 0. The van der Waals surface area contributed by atoms with Crippen LogP contribution in [0.2, 0.25) is 0 Å². The van der Waals surface area contributed by atoms with E-state index in [9.17, 15) is 0 Å². The van der Waals surface area contributed by atoms with Gasteiger partial charge in [0.15, 0.2) is 11.3 Å². The third-order valence-electron chi connectivity index (χ3n) is 3.91. The highest BCUT2D eigenvalue weighted by Gasteiger charge is 2.19. The Morgan fingerprint density at radius 3 is 2.73 bits per heavy atom. The summed E-state index contributed by atoms with van der Waals surface area (Å²) < 4.78 is 13.3. The van der Waals surface area contributed by atoms with E-state index < -0.39 is 0 Å². The highest BCUT2D eigenvalue weighted by molar-refractivity contribution is 5.89. The number of rotatable bonds is 2. The molecule has 1 aliphatic heterocycles. The van der Waals surface area contributed by atoms with Crippen molar-refractivity contribution in [1.82, 2.24) is 14.8 Å². The van der Waals surface area contributed by atoms with Gasteiger partial charge in [0, 0.05) is 38.1 Å². The molecule has 0 bridgehead atoms. The van der Waals surface area contributed by atoms with Crippen LogP contribution in [0.3, 0.4) is 0 Å². The Hall–Kier alpha value is -2.34. The SMILES string of the molecule is Cc1cc(N2CCOCC2)c2oc(-c3ccn(C)n3)cc2n1. The molecule has 3 aromatic rings. The topological polar surface area (TPSA) is 56.3 Å². The lowest BCUT2D eigenvalue weighted by Gasteiger charge is -2.28. The molecule has 3 aromatic heterocycles. The van der Waals surface area contributed by atoms with Gasteiger partial charge >= 0.3 is 0 Å². The lowest BCUT2D eigenvalue weighted by molar-refractivity contribution is 0.122. The molecule has 1 fully saturated rings. The standard InChI is InChI=1S/C16H18N4O2/c1-11-9-14(20-5-7-21-8-6-20)16-13(17-11)10-15(22-16)12-3-4-19(2)18-12/h3-4,9-10H,5-8H2,1-2H3. The third-order valence-corrected chi connectivity index (χ3v) is 3.91. The predicted octanol–water partition coefficient (Wildman–Crippen LogP) is 2.37. The van der Waals surface area contributed by atoms with Crippen LogP contribution in [0.4, 0.5) is 5.69 Å². The summed E-state index contributed by atoms with van der Waals surface area (Å²) in [7, 11) is 1.90. The van der Waals surface area contributed by atoms with Crippen LogP contribution in [0.5, 0.6) is 0 Å². The zero-order valence-electron chi connectivity index (χ0n) is 12.7. The lowest BCUT2D eigenvalue weighted by Crippen LogP contribution is -2.36. The molecule has 6 heteroatoms. The maximum atomic E-state index is 6.09. The normalized spacial score (nSPS) is 15.6. The van der Waals surface area contributed by atoms with Gasteiger partial charge in [-0.25, -0.2) is 4.98 Å². The summed E-state index contributed by atoms with van der Waals surface area (Å²) in [5.74, 6) is 0.753. The third kappa shape index (κ3) is 2.25. The van der Waals surface area contributed by atoms with Crippen LogP contribution in [-0.4, -0.2) is 41.1 Å². The molecule has 0 unspecified atom stereocenters. The Labute approximate surface area is 128 Å². The molecule has 6 nitrogen and oxygen atoms in total. The van der Waals surface area contributed by atoms with Crippen molar-refractivity contribution in [2.75, 3.05) is 31.2 Å². The first-order chi connectivity index (χ1) is 10.7. The number of nitrogens with zero attached hydrogens (tertiary/aromatic N) is 4. The highest BCUT2D eigenvalue weighted by atomic mass is 16.5. The molecule has 0 atom stereocenters. The van der Waals surface area contributed by atoms with Gasteiger partial charge in [-0.3, -0.25) is 4.68 Å². The van der Waals surface area contributed by atoms with E-state index in [1.165, 1.54) is 0 Å². The maximum Gasteiger partial charge on any atom is 0.176 e. The van der Waals surface area contributed by atoms with Gasteiger partial charge in [-0.15, -0.1) is 0 Å². The second kappa shape index (κ2) is 5.14. The first-order valence-corrected chi connectivity index (χ1v) is 7.44. The van der Waals surface area contributed by atoms with Gasteiger partial charge in [0.2, 0.25) is 0 Å². The first kappa shape index (κ1) is 13.3. The fraction of sp³-hybridized carbons (Fsp3) is 0.375. The molecule has 0 radical (unpaired) electrons. The van der Waals surface area contributed by atoms with Gasteiger partial charge in [-0.05, 0) is 19.1 Å². The molecule has 22 heavy (non-hydrogen) atoms. The van der Waals surface area contributed by atoms with Gasteiger partial charge in [0.25, 0.3) is 0 Å². The summed E-state index contributed by atoms with van der Waals surface area (Å²) >= 11 is 0. The zero-order valence-corrected chi connectivity index (χ0v) is 12.7. The number of hydrogen-bond acceptors (Lipinski definition) is 5. The van der Waals surface area contributed by atoms with Crippen molar-refractivity contribution in [2.45, 2.75) is 6.92 Å². The van der Waals surface area contributed by atoms with Gasteiger partial charge in [-0.2, -0.15) is 5.10 Å². The number of fused-ring (bicyclic) bond motifs is 1. The summed E-state index contributed by atoms with van der Waals surface area (Å²) in [6, 6.07) is 5.99. The molecule has 114 valence electrons. The van der Waals surface area contributed by atoms with Crippen LogP contribution in [-0.2, 0) is 11.8 Å². The molecule has 0 N–H and O–H groups in total. The fourth-order valence-electron chi connectivity index (χ4n) is 2.85. The van der Waals surface area contributed by atoms with Gasteiger partial charge in [-0.1, -0.05) is 0 Å². The lowest BCUT2D eigenvalue weighted by atomic mass is 10.2. The zero-order chi connectivity index (χ0) is 15.1. The minimum absolute atomic E-state index is 0.747. The van der Waals surface area contributed by atoms with Crippen molar-refractivity contribution in [3.63, 3.8) is 0 Å². The van der Waals surface area contributed by atoms with Crippen LogP contribution in [0.25, 0.3) is 22.6 Å². The molecule has 0 amide bonds. The van der Waals surface area contributed by atoms with E-state index in [1.807, 2.05) is 32.3 Å². The predicted molar refractivity (Wildman–Crippen MR) is 84.0 cm³/mol. The van der Waals surface area contributed by atoms with Crippen molar-refractivity contribution in [3.05, 3.63) is 30.1 Å². The van der Waals surface area contributed by atoms with E-state index in [-0.39, 0.29) is 0 Å². The van der Waals surface area contributed by atoms with E-state index in [1.54, 1.807) is 4.68 Å². The average Bonchev–Trinajstić information content (AvgIpc) is 3.13. The first-order valence-electron chi connectivity index (χ1n) is 7.44. The van der Waals surface area contributed by atoms with Crippen LogP contribution >= 0.6 is 0 Å². The number of anilines is 1. The Morgan fingerprint density at radius 2 is 2.00 bits per heavy atom. The quantitative estimate of drug-likeness (QED) is 0.727. The monoisotopic (exact) mass is 298 g/mol. The average molecular weight is 298 g/mol. The van der Waals surface area contributed by atoms with Crippen LogP contribution < -0.4 is 4.90 Å². The maximum absolute atomic E-state index is 6.09. The van der Waals surface area contributed by atoms with Gasteiger partial charge < -0.3 is 14.1 Å². The minimum Gasteiger partial charge on any atom is -0.450 e. The second-order valence-corrected chi connectivity index (χ2v) is 5.58. The minimum atomic E-state index is 0.747. The molecule has 4 heterocycles. The van der Waals surface area contributed by atoms with Crippen molar-refractivity contribution >= 4 is 16.8 Å². The van der Waals surface area contributed by atoms with Crippen molar-refractivity contribution < 1.29 is 9.15 Å². The summed E-state index contributed by atoms with van der Waals surface area (Å²) in [6.07, 6.45) is 1.91. The van der Waals surface area contributed by atoms with Gasteiger partial charge in [0.1, 0.15) is 11.2 Å². The smallest absolute Gasteiger partial charge is 0.176 e. The summed E-state index contributed by atoms with van der Waals surface area (Å²) in [5.41, 5.74) is 4.61. The summed E-state index contributed by atoms with van der Waals surface area (Å²) in [5, 5.41) is 4.40. The van der Waals surface area contributed by atoms with E-state index in [4.69, 9.17) is 9.15 Å².